The SMILES string of the molecule is CCC[C@@H](O)COC. The molecule has 0 aromatic rings. The maximum absolute atomic E-state index is 8.92. The molecule has 2 nitrogen and oxygen atoms in total. The lowest BCUT2D eigenvalue weighted by Gasteiger charge is -2.05. The molecule has 0 amide bonds. The van der Waals surface area contributed by atoms with Crippen LogP contribution >= 0.6 is 0 Å². The summed E-state index contributed by atoms with van der Waals surface area (Å²) in [5, 5.41) is 8.92. The Hall–Kier alpha value is -0.0800. The topological polar surface area (TPSA) is 29.5 Å². The van der Waals surface area contributed by atoms with Gasteiger partial charge >= 0.3 is 0 Å². The third-order valence-electron chi connectivity index (χ3n) is 0.981. The third kappa shape index (κ3) is 4.09. The molecule has 0 unspecified atom stereocenters. The molecule has 0 aliphatic carbocycles. The summed E-state index contributed by atoms with van der Waals surface area (Å²) in [5.41, 5.74) is 0. The molecule has 0 aromatic heterocycles. The Morgan fingerprint density at radius 1 is 1.62 bits per heavy atom. The molecule has 0 fully saturated rings. The molecule has 0 rings (SSSR count). The van der Waals surface area contributed by atoms with Crippen molar-refractivity contribution in [1.29, 1.82) is 0 Å². The average molecular weight is 118 g/mol. The first-order valence-corrected chi connectivity index (χ1v) is 2.98. The fourth-order valence-corrected chi connectivity index (χ4v) is 0.609. The molecule has 0 saturated carbocycles. The predicted molar refractivity (Wildman–Crippen MR) is 32.8 cm³/mol. The van der Waals surface area contributed by atoms with Crippen LogP contribution in [0.5, 0.6) is 0 Å². The molecule has 8 heavy (non-hydrogen) atoms. The largest absolute Gasteiger partial charge is 0.391 e. The van der Waals surface area contributed by atoms with E-state index in [-0.39, 0.29) is 6.10 Å². The van der Waals surface area contributed by atoms with Crippen LogP contribution in [0.4, 0.5) is 0 Å². The van der Waals surface area contributed by atoms with Gasteiger partial charge in [-0.1, -0.05) is 13.3 Å². The summed E-state index contributed by atoms with van der Waals surface area (Å²) in [6.07, 6.45) is 1.60. The highest BCUT2D eigenvalue weighted by atomic mass is 16.5. The van der Waals surface area contributed by atoms with Gasteiger partial charge in [0.05, 0.1) is 12.7 Å². The first kappa shape index (κ1) is 7.92. The van der Waals surface area contributed by atoms with Crippen molar-refractivity contribution in [2.24, 2.45) is 0 Å². The lowest BCUT2D eigenvalue weighted by Crippen LogP contribution is -2.12. The monoisotopic (exact) mass is 118 g/mol. The molecule has 0 radical (unpaired) electrons. The van der Waals surface area contributed by atoms with E-state index in [1.54, 1.807) is 7.11 Å². The zero-order valence-electron chi connectivity index (χ0n) is 5.55. The quantitative estimate of drug-likeness (QED) is 0.591. The molecule has 1 atom stereocenters. The highest BCUT2D eigenvalue weighted by Crippen LogP contribution is 1.94. The fraction of sp³-hybridized carbons (Fsp3) is 1.00. The number of ether oxygens (including phenoxy) is 1. The van der Waals surface area contributed by atoms with Crippen molar-refractivity contribution in [2.45, 2.75) is 25.9 Å². The first-order valence-electron chi connectivity index (χ1n) is 2.98. The smallest absolute Gasteiger partial charge is 0.0773 e. The van der Waals surface area contributed by atoms with Gasteiger partial charge in [-0.15, -0.1) is 0 Å². The number of hydrogen-bond acceptors (Lipinski definition) is 2. The van der Waals surface area contributed by atoms with E-state index in [1.165, 1.54) is 0 Å². The fourth-order valence-electron chi connectivity index (χ4n) is 0.609. The number of rotatable bonds is 4. The molecule has 0 aliphatic rings. The second-order valence-corrected chi connectivity index (χ2v) is 1.90. The molecule has 1 N–H and O–H groups in total. The van der Waals surface area contributed by atoms with Crippen molar-refractivity contribution in [3.8, 4) is 0 Å². The number of aliphatic hydroxyl groups is 1. The van der Waals surface area contributed by atoms with E-state index in [1.807, 2.05) is 6.92 Å². The van der Waals surface area contributed by atoms with Crippen molar-refractivity contribution >= 4 is 0 Å². The second kappa shape index (κ2) is 5.06. The lowest BCUT2D eigenvalue weighted by molar-refractivity contribution is 0.0589. The van der Waals surface area contributed by atoms with E-state index in [9.17, 15) is 0 Å². The Bertz CT molecular complexity index is 39.8. The molecule has 0 aromatic carbocycles. The van der Waals surface area contributed by atoms with Crippen molar-refractivity contribution in [1.82, 2.24) is 0 Å². The molecule has 0 aliphatic heterocycles. The van der Waals surface area contributed by atoms with Crippen LogP contribution in [0, 0.1) is 0 Å². The lowest BCUT2D eigenvalue weighted by atomic mass is 10.2. The van der Waals surface area contributed by atoms with E-state index in [4.69, 9.17) is 9.84 Å². The minimum absolute atomic E-state index is 0.259. The summed E-state index contributed by atoms with van der Waals surface area (Å²) in [6, 6.07) is 0. The van der Waals surface area contributed by atoms with E-state index in [2.05, 4.69) is 0 Å². The Labute approximate surface area is 50.5 Å². The summed E-state index contributed by atoms with van der Waals surface area (Å²) < 4.78 is 4.71. The van der Waals surface area contributed by atoms with Crippen molar-refractivity contribution in [3.05, 3.63) is 0 Å². The molecule has 0 heterocycles. The van der Waals surface area contributed by atoms with Crippen LogP contribution in [0.1, 0.15) is 19.8 Å². The van der Waals surface area contributed by atoms with E-state index in [0.29, 0.717) is 6.61 Å². The van der Waals surface area contributed by atoms with Gasteiger partial charge in [0.25, 0.3) is 0 Å². The third-order valence-corrected chi connectivity index (χ3v) is 0.981. The van der Waals surface area contributed by atoms with Crippen LogP contribution in [0.2, 0.25) is 0 Å². The molecular formula is C6H14O2. The van der Waals surface area contributed by atoms with Crippen molar-refractivity contribution in [2.75, 3.05) is 13.7 Å². The van der Waals surface area contributed by atoms with Crippen LogP contribution in [-0.2, 0) is 4.74 Å². The molecule has 0 spiro atoms. The standard InChI is InChI=1S/C6H14O2/c1-3-4-6(7)5-8-2/h6-7H,3-5H2,1-2H3/t6-/m1/s1. The highest BCUT2D eigenvalue weighted by molar-refractivity contribution is 4.49. The van der Waals surface area contributed by atoms with E-state index >= 15 is 0 Å². The average Bonchev–Trinajstić information content (AvgIpc) is 1.68. The Balaban J connectivity index is 2.92. The molecule has 50 valence electrons. The van der Waals surface area contributed by atoms with Gasteiger partial charge in [-0.05, 0) is 6.42 Å². The Morgan fingerprint density at radius 2 is 2.25 bits per heavy atom. The van der Waals surface area contributed by atoms with Gasteiger partial charge in [-0.3, -0.25) is 0 Å². The molecule has 0 bridgehead atoms. The maximum Gasteiger partial charge on any atom is 0.0773 e. The van der Waals surface area contributed by atoms with Crippen molar-refractivity contribution < 1.29 is 9.84 Å². The van der Waals surface area contributed by atoms with Crippen LogP contribution in [0.25, 0.3) is 0 Å². The van der Waals surface area contributed by atoms with E-state index < -0.39 is 0 Å². The predicted octanol–water partition coefficient (Wildman–Crippen LogP) is 0.794. The van der Waals surface area contributed by atoms with Gasteiger partial charge < -0.3 is 9.84 Å². The number of aliphatic hydroxyl groups excluding tert-OH is 1. The summed E-state index contributed by atoms with van der Waals surface area (Å²) in [6.45, 7) is 2.51. The van der Waals surface area contributed by atoms with Crippen LogP contribution in [-0.4, -0.2) is 24.9 Å². The first-order chi connectivity index (χ1) is 3.81. The summed E-state index contributed by atoms with van der Waals surface area (Å²) >= 11 is 0. The molecule has 2 heteroatoms. The minimum atomic E-state index is -0.259. The molecular weight excluding hydrogens is 104 g/mol. The van der Waals surface area contributed by atoms with Gasteiger partial charge in [0.15, 0.2) is 0 Å². The van der Waals surface area contributed by atoms with Gasteiger partial charge in [-0.25, -0.2) is 0 Å². The van der Waals surface area contributed by atoms with Gasteiger partial charge in [0.2, 0.25) is 0 Å². The van der Waals surface area contributed by atoms with Crippen LogP contribution in [0.15, 0.2) is 0 Å². The van der Waals surface area contributed by atoms with Crippen LogP contribution in [0.3, 0.4) is 0 Å². The van der Waals surface area contributed by atoms with Gasteiger partial charge in [-0.2, -0.15) is 0 Å². The van der Waals surface area contributed by atoms with Crippen LogP contribution < -0.4 is 0 Å². The normalized spacial score (nSPS) is 13.9. The highest BCUT2D eigenvalue weighted by Gasteiger charge is 1.98. The Kier molecular flexibility index (Phi) is 5.01. The maximum atomic E-state index is 8.92. The van der Waals surface area contributed by atoms with Gasteiger partial charge in [0, 0.05) is 7.11 Å². The number of hydrogen-bond donors (Lipinski definition) is 1. The van der Waals surface area contributed by atoms with Gasteiger partial charge in [0.1, 0.15) is 0 Å². The summed E-state index contributed by atoms with van der Waals surface area (Å²) in [5.74, 6) is 0. The number of methoxy groups -OCH3 is 1. The van der Waals surface area contributed by atoms with E-state index in [0.717, 1.165) is 12.8 Å². The zero-order chi connectivity index (χ0) is 6.41. The second-order valence-electron chi connectivity index (χ2n) is 1.90. The summed E-state index contributed by atoms with van der Waals surface area (Å²) in [4.78, 5) is 0. The summed E-state index contributed by atoms with van der Waals surface area (Å²) in [7, 11) is 1.60. The van der Waals surface area contributed by atoms with Crippen molar-refractivity contribution in [3.63, 3.8) is 0 Å². The minimum Gasteiger partial charge on any atom is -0.391 e. The molecule has 0 saturated heterocycles. The zero-order valence-corrected chi connectivity index (χ0v) is 5.55. The Morgan fingerprint density at radius 3 is 2.62 bits per heavy atom.